The van der Waals surface area contributed by atoms with Crippen molar-refractivity contribution in [2.24, 2.45) is 4.99 Å². The number of anilines is 1. The van der Waals surface area contributed by atoms with E-state index < -0.39 is 35.1 Å². The highest BCUT2D eigenvalue weighted by molar-refractivity contribution is 5.98. The van der Waals surface area contributed by atoms with E-state index in [1.54, 1.807) is 42.6 Å². The number of halogens is 6. The Morgan fingerprint density at radius 3 is 2.30 bits per heavy atom. The Labute approximate surface area is 207 Å². The fourth-order valence-electron chi connectivity index (χ4n) is 3.58. The number of carbonyl (C=O) groups is 1. The third-order valence-corrected chi connectivity index (χ3v) is 5.29. The molecule has 0 atom stereocenters. The van der Waals surface area contributed by atoms with E-state index in [4.69, 9.17) is 4.74 Å². The molecule has 4 rings (SSSR count). The molecule has 12 heteroatoms. The summed E-state index contributed by atoms with van der Waals surface area (Å²) in [6.45, 7) is 1.39. The van der Waals surface area contributed by atoms with E-state index in [-0.39, 0.29) is 18.9 Å². The van der Waals surface area contributed by atoms with Gasteiger partial charge in [0.05, 0.1) is 17.7 Å². The molecule has 0 saturated heterocycles. The summed E-state index contributed by atoms with van der Waals surface area (Å²) >= 11 is 0. The van der Waals surface area contributed by atoms with E-state index in [0.717, 1.165) is 6.54 Å². The number of carbonyl (C=O) groups excluding carboxylic acids is 1. The molecular formula is C25H20F6N4O2. The Kier molecular flexibility index (Phi) is 7.37. The van der Waals surface area contributed by atoms with Crippen molar-refractivity contribution in [3.05, 3.63) is 83.2 Å². The van der Waals surface area contributed by atoms with Crippen molar-refractivity contribution in [1.82, 2.24) is 10.3 Å². The first-order chi connectivity index (χ1) is 17.5. The number of pyridine rings is 1. The van der Waals surface area contributed by atoms with Crippen molar-refractivity contribution in [3.63, 3.8) is 0 Å². The smallest absolute Gasteiger partial charge is 0.416 e. The second-order valence-corrected chi connectivity index (χ2v) is 8.13. The summed E-state index contributed by atoms with van der Waals surface area (Å²) in [6, 6.07) is 11.2. The van der Waals surface area contributed by atoms with Gasteiger partial charge in [0.1, 0.15) is 23.0 Å². The van der Waals surface area contributed by atoms with E-state index in [2.05, 4.69) is 20.6 Å². The topological polar surface area (TPSA) is 75.6 Å². The first kappa shape index (κ1) is 26.0. The molecule has 0 bridgehead atoms. The van der Waals surface area contributed by atoms with Gasteiger partial charge in [0, 0.05) is 30.9 Å². The summed E-state index contributed by atoms with van der Waals surface area (Å²) in [5.74, 6) is 0.932. The van der Waals surface area contributed by atoms with Gasteiger partial charge in [-0.05, 0) is 48.4 Å². The molecule has 6 nitrogen and oxygen atoms in total. The molecule has 1 amide bonds. The maximum atomic E-state index is 13.0. The molecule has 0 unspecified atom stereocenters. The third kappa shape index (κ3) is 6.99. The number of aryl methyl sites for hydroxylation is 1. The second-order valence-electron chi connectivity index (χ2n) is 8.13. The number of benzene rings is 2. The van der Waals surface area contributed by atoms with Crippen molar-refractivity contribution in [1.29, 1.82) is 0 Å². The number of alkyl halides is 6. The van der Waals surface area contributed by atoms with Gasteiger partial charge in [0.2, 0.25) is 5.91 Å². The molecule has 0 saturated carbocycles. The molecule has 194 valence electrons. The molecule has 2 N–H and O–H groups in total. The van der Waals surface area contributed by atoms with Crippen LogP contribution >= 0.6 is 0 Å². The monoisotopic (exact) mass is 522 g/mol. The predicted octanol–water partition coefficient (Wildman–Crippen LogP) is 5.83. The molecule has 1 aliphatic rings. The summed E-state index contributed by atoms with van der Waals surface area (Å²) in [5.41, 5.74) is -2.27. The van der Waals surface area contributed by atoms with E-state index in [1.165, 1.54) is 0 Å². The molecule has 0 fully saturated rings. The lowest BCUT2D eigenvalue weighted by Crippen LogP contribution is -2.20. The molecule has 2 heterocycles. The van der Waals surface area contributed by atoms with Crippen LogP contribution < -0.4 is 15.4 Å². The minimum atomic E-state index is -5.00. The van der Waals surface area contributed by atoms with Crippen LogP contribution in [0.3, 0.4) is 0 Å². The highest BCUT2D eigenvalue weighted by Gasteiger charge is 2.37. The zero-order chi connectivity index (χ0) is 26.6. The normalized spacial score (nSPS) is 13.6. The minimum absolute atomic E-state index is 0.00460. The zero-order valence-electron chi connectivity index (χ0n) is 19.1. The fourth-order valence-corrected chi connectivity index (χ4v) is 3.58. The van der Waals surface area contributed by atoms with Gasteiger partial charge in [-0.25, -0.2) is 0 Å². The molecule has 2 aromatic carbocycles. The molecule has 1 aliphatic heterocycles. The molecule has 1 aromatic heterocycles. The largest absolute Gasteiger partial charge is 0.457 e. The number of amidine groups is 1. The number of nitrogens with one attached hydrogen (secondary N) is 2. The number of nitrogens with zero attached hydrogens (tertiary/aromatic N) is 2. The number of hydrogen-bond acceptors (Lipinski definition) is 5. The summed E-state index contributed by atoms with van der Waals surface area (Å²) in [7, 11) is 0. The predicted molar refractivity (Wildman–Crippen MR) is 124 cm³/mol. The third-order valence-electron chi connectivity index (χ3n) is 5.29. The van der Waals surface area contributed by atoms with Crippen LogP contribution in [-0.4, -0.2) is 29.8 Å². The van der Waals surface area contributed by atoms with Gasteiger partial charge in [0.15, 0.2) is 0 Å². The SMILES string of the molecule is O=C(CCc1cccc(Oc2ccnc(C3=NCCN3)c2)c1)Nc1cc(C(F)(F)F)cc(C(F)(F)F)c1. The van der Waals surface area contributed by atoms with E-state index in [0.29, 0.717) is 47.3 Å². The average molecular weight is 522 g/mol. The van der Waals surface area contributed by atoms with Gasteiger partial charge in [-0.3, -0.25) is 14.8 Å². The van der Waals surface area contributed by atoms with E-state index in [9.17, 15) is 31.1 Å². The van der Waals surface area contributed by atoms with Crippen molar-refractivity contribution in [3.8, 4) is 11.5 Å². The highest BCUT2D eigenvalue weighted by atomic mass is 19.4. The van der Waals surface area contributed by atoms with E-state index in [1.807, 2.05) is 0 Å². The Balaban J connectivity index is 1.40. The molecule has 0 radical (unpaired) electrons. The lowest BCUT2D eigenvalue weighted by molar-refractivity contribution is -0.143. The standard InChI is InChI=1S/C25H20F6N4O2/c26-24(27,28)16-11-17(25(29,30)31)13-18(12-16)35-22(36)5-4-15-2-1-3-19(10-15)37-20-6-7-32-21(14-20)23-33-8-9-34-23/h1-3,6-7,10-14H,4-5,8-9H2,(H,33,34)(H,35,36). The molecule has 37 heavy (non-hydrogen) atoms. The first-order valence-electron chi connectivity index (χ1n) is 11.1. The Hall–Kier alpha value is -4.09. The molecule has 0 spiro atoms. The quantitative estimate of drug-likeness (QED) is 0.383. The number of ether oxygens (including phenoxy) is 1. The first-order valence-corrected chi connectivity index (χ1v) is 11.1. The number of rotatable bonds is 7. The van der Waals surface area contributed by atoms with Crippen LogP contribution in [0.2, 0.25) is 0 Å². The van der Waals surface area contributed by atoms with Crippen LogP contribution in [0.25, 0.3) is 0 Å². The maximum absolute atomic E-state index is 13.0. The van der Waals surface area contributed by atoms with Crippen LogP contribution in [-0.2, 0) is 23.6 Å². The minimum Gasteiger partial charge on any atom is -0.457 e. The summed E-state index contributed by atoms with van der Waals surface area (Å²) in [4.78, 5) is 20.9. The van der Waals surface area contributed by atoms with Gasteiger partial charge < -0.3 is 15.4 Å². The average Bonchev–Trinajstić information content (AvgIpc) is 3.37. The van der Waals surface area contributed by atoms with Crippen molar-refractivity contribution in [2.45, 2.75) is 25.2 Å². The van der Waals surface area contributed by atoms with E-state index >= 15 is 0 Å². The van der Waals surface area contributed by atoms with Crippen LogP contribution in [0, 0.1) is 0 Å². The Morgan fingerprint density at radius 2 is 1.65 bits per heavy atom. The molecule has 0 aliphatic carbocycles. The zero-order valence-corrected chi connectivity index (χ0v) is 19.1. The van der Waals surface area contributed by atoms with Crippen molar-refractivity contribution >= 4 is 17.4 Å². The number of amides is 1. The van der Waals surface area contributed by atoms with Gasteiger partial charge >= 0.3 is 12.4 Å². The number of aromatic nitrogens is 1. The molecular weight excluding hydrogens is 502 g/mol. The summed E-state index contributed by atoms with van der Waals surface area (Å²) < 4.78 is 84.1. The van der Waals surface area contributed by atoms with Gasteiger partial charge in [0.25, 0.3) is 0 Å². The number of aliphatic imine (C=N–C) groups is 1. The molecule has 3 aromatic rings. The van der Waals surface area contributed by atoms with Gasteiger partial charge in [-0.1, -0.05) is 12.1 Å². The fraction of sp³-hybridized carbons (Fsp3) is 0.240. The van der Waals surface area contributed by atoms with Crippen molar-refractivity contribution in [2.75, 3.05) is 18.4 Å². The van der Waals surface area contributed by atoms with Crippen LogP contribution in [0.5, 0.6) is 11.5 Å². The van der Waals surface area contributed by atoms with Gasteiger partial charge in [-0.15, -0.1) is 0 Å². The Bertz CT molecular complexity index is 1290. The van der Waals surface area contributed by atoms with Crippen LogP contribution in [0.15, 0.2) is 65.8 Å². The van der Waals surface area contributed by atoms with Crippen molar-refractivity contribution < 1.29 is 35.9 Å². The second kappa shape index (κ2) is 10.5. The van der Waals surface area contributed by atoms with Crippen LogP contribution in [0.1, 0.15) is 28.8 Å². The lowest BCUT2D eigenvalue weighted by Gasteiger charge is -2.15. The highest BCUT2D eigenvalue weighted by Crippen LogP contribution is 2.37. The van der Waals surface area contributed by atoms with Gasteiger partial charge in [-0.2, -0.15) is 26.3 Å². The number of hydrogen-bond donors (Lipinski definition) is 2. The Morgan fingerprint density at radius 1 is 0.946 bits per heavy atom. The lowest BCUT2D eigenvalue weighted by atomic mass is 10.1. The van der Waals surface area contributed by atoms with Crippen LogP contribution in [0.4, 0.5) is 32.0 Å². The summed E-state index contributed by atoms with van der Waals surface area (Å²) in [5, 5.41) is 5.25. The summed E-state index contributed by atoms with van der Waals surface area (Å²) in [6.07, 6.45) is -8.42. The maximum Gasteiger partial charge on any atom is 0.416 e.